The maximum atomic E-state index is 17.3. The number of fused-ring (bicyclic) bond motifs is 7. The zero-order valence-electron chi connectivity index (χ0n) is 31.5. The third-order valence-corrected chi connectivity index (χ3v) is 14.2. The second kappa shape index (κ2) is 12.5. The van der Waals surface area contributed by atoms with Crippen LogP contribution in [0, 0.1) is 18.6 Å². The number of benzene rings is 3. The lowest BCUT2D eigenvalue weighted by Crippen LogP contribution is -2.58. The monoisotopic (exact) mass is 830 g/mol. The summed E-state index contributed by atoms with van der Waals surface area (Å²) in [6.07, 6.45) is 6.12. The van der Waals surface area contributed by atoms with E-state index in [1.165, 1.54) is 24.3 Å². The van der Waals surface area contributed by atoms with Crippen LogP contribution in [-0.2, 0) is 6.42 Å². The van der Waals surface area contributed by atoms with Gasteiger partial charge in [0, 0.05) is 42.3 Å². The first-order chi connectivity index (χ1) is 27.4. The SMILES string of the molecule is Cc1c(F)ccc2cc(O)cc(-c3nc4c5c(nc(OC[C@@]67CCCN6[C@H](COc6cccc(S(F)(F)(F)(F)F)c6)CC7)nc5c3F)N3C[C@@H]5CC[C@@H](N5)[C@H]3CC4)c12. The van der Waals surface area contributed by atoms with Gasteiger partial charge in [-0.25, -0.2) is 13.8 Å². The van der Waals surface area contributed by atoms with Crippen molar-refractivity contribution in [3.05, 3.63) is 71.4 Å². The highest BCUT2D eigenvalue weighted by Crippen LogP contribution is 3.02. The number of pyridine rings is 1. The van der Waals surface area contributed by atoms with E-state index in [9.17, 15) is 28.9 Å². The van der Waals surface area contributed by atoms with E-state index >= 15 is 4.39 Å². The summed E-state index contributed by atoms with van der Waals surface area (Å²) in [6, 6.07) is 8.89. The Bertz CT molecular complexity index is 2530. The Morgan fingerprint density at radius 1 is 0.931 bits per heavy atom. The van der Waals surface area contributed by atoms with Gasteiger partial charge >= 0.3 is 16.2 Å². The summed E-state index contributed by atoms with van der Waals surface area (Å²) in [7, 11) is -9.88. The highest BCUT2D eigenvalue weighted by Gasteiger charge is 2.65. The van der Waals surface area contributed by atoms with E-state index in [2.05, 4.69) is 15.1 Å². The standard InChI is InChI=1S/C41H41F7N6O3S/c1-22-30(42)8-6-23-16-26(55)17-29(34(22)23)37-36(43)38-35-32(50-37)10-11-33-31-9-7-24(49-31)19-53(33)39(35)52-40(51-38)57-21-41-13-3-15-54(41)25(12-14-41)20-56-27-4-2-5-28(18-27)58(44,45,46,47)48/h2,4-6,8,16-18,24-25,31,33,49,55H,3,7,9-15,19-21H2,1H3/t24-,25-,31+,33+,41-/m0/s1. The van der Waals surface area contributed by atoms with Crippen molar-refractivity contribution >= 4 is 37.7 Å². The molecule has 0 saturated carbocycles. The number of rotatable bonds is 8. The van der Waals surface area contributed by atoms with Gasteiger partial charge in [0.1, 0.15) is 52.5 Å². The van der Waals surface area contributed by atoms with Gasteiger partial charge in [-0.2, -0.15) is 9.97 Å². The maximum absolute atomic E-state index is 17.3. The predicted octanol–water partition coefficient (Wildman–Crippen LogP) is 9.50. The van der Waals surface area contributed by atoms with Crippen LogP contribution in [0.3, 0.4) is 0 Å². The number of piperazine rings is 1. The number of hydrogen-bond acceptors (Lipinski definition) is 9. The molecule has 4 fully saturated rings. The molecule has 5 aliphatic heterocycles. The van der Waals surface area contributed by atoms with Crippen LogP contribution in [0.25, 0.3) is 32.9 Å². The van der Waals surface area contributed by atoms with E-state index in [-0.39, 0.29) is 71.7 Å². The number of phenols is 1. The zero-order valence-corrected chi connectivity index (χ0v) is 32.3. The second-order valence-electron chi connectivity index (χ2n) is 16.6. The van der Waals surface area contributed by atoms with E-state index < -0.39 is 32.3 Å². The van der Waals surface area contributed by atoms with Crippen molar-refractivity contribution in [1.29, 1.82) is 0 Å². The fourth-order valence-electron chi connectivity index (χ4n) is 10.4. The minimum Gasteiger partial charge on any atom is -0.508 e. The summed E-state index contributed by atoms with van der Waals surface area (Å²) in [6.45, 7) is 3.08. The Morgan fingerprint density at radius 3 is 2.60 bits per heavy atom. The summed E-state index contributed by atoms with van der Waals surface area (Å²) in [5.74, 6) is -1.08. The molecule has 0 spiro atoms. The van der Waals surface area contributed by atoms with E-state index in [1.54, 1.807) is 13.0 Å². The molecule has 5 atom stereocenters. The Morgan fingerprint density at radius 2 is 1.78 bits per heavy atom. The lowest BCUT2D eigenvalue weighted by atomic mass is 9.95. The van der Waals surface area contributed by atoms with Crippen molar-refractivity contribution in [2.75, 3.05) is 31.2 Å². The quantitative estimate of drug-likeness (QED) is 0.148. The van der Waals surface area contributed by atoms with Crippen LogP contribution in [0.1, 0.15) is 56.2 Å². The van der Waals surface area contributed by atoms with Gasteiger partial charge in [0.15, 0.2) is 5.82 Å². The third-order valence-electron chi connectivity index (χ3n) is 13.1. The molecule has 2 bridgehead atoms. The Hall–Kier alpha value is -4.61. The van der Waals surface area contributed by atoms with Gasteiger partial charge in [0.2, 0.25) is 0 Å². The van der Waals surface area contributed by atoms with E-state index in [0.717, 1.165) is 38.2 Å². The smallest absolute Gasteiger partial charge is 0.319 e. The summed E-state index contributed by atoms with van der Waals surface area (Å²) in [5.41, 5.74) is 0.617. The van der Waals surface area contributed by atoms with Crippen molar-refractivity contribution in [3.8, 4) is 28.8 Å². The van der Waals surface area contributed by atoms with Crippen LogP contribution in [0.2, 0.25) is 0 Å². The molecule has 9 nitrogen and oxygen atoms in total. The highest BCUT2D eigenvalue weighted by atomic mass is 32.5. The summed E-state index contributed by atoms with van der Waals surface area (Å²) in [5, 5.41) is 15.9. The molecule has 2 N–H and O–H groups in total. The van der Waals surface area contributed by atoms with Crippen molar-refractivity contribution in [3.63, 3.8) is 0 Å². The van der Waals surface area contributed by atoms with Crippen molar-refractivity contribution in [2.45, 2.75) is 92.9 Å². The van der Waals surface area contributed by atoms with Crippen LogP contribution in [0.4, 0.5) is 34.0 Å². The number of aryl methyl sites for hydroxylation is 2. The highest BCUT2D eigenvalue weighted by molar-refractivity contribution is 8.45. The zero-order chi connectivity index (χ0) is 40.4. The molecule has 4 saturated heterocycles. The van der Waals surface area contributed by atoms with Crippen LogP contribution < -0.4 is 19.7 Å². The second-order valence-corrected chi connectivity index (χ2v) is 19.0. The number of anilines is 1. The van der Waals surface area contributed by atoms with E-state index in [0.29, 0.717) is 77.7 Å². The fourth-order valence-corrected chi connectivity index (χ4v) is 11.1. The maximum Gasteiger partial charge on any atom is 0.319 e. The molecule has 2 aromatic heterocycles. The number of halogens is 7. The van der Waals surface area contributed by atoms with Crippen molar-refractivity contribution in [1.82, 2.24) is 25.2 Å². The molecule has 0 aliphatic carbocycles. The normalized spacial score (nSPS) is 26.7. The van der Waals surface area contributed by atoms with Crippen LogP contribution in [-0.4, -0.2) is 81.0 Å². The van der Waals surface area contributed by atoms with Gasteiger partial charge < -0.3 is 24.8 Å². The fraction of sp³-hybridized carbons (Fsp3) is 0.439. The van der Waals surface area contributed by atoms with E-state index in [1.807, 2.05) is 0 Å². The number of aromatic nitrogens is 3. The lowest BCUT2D eigenvalue weighted by molar-refractivity contribution is 0.0686. The van der Waals surface area contributed by atoms with Crippen molar-refractivity contribution in [2.24, 2.45) is 0 Å². The van der Waals surface area contributed by atoms with Gasteiger partial charge in [0.25, 0.3) is 0 Å². The van der Waals surface area contributed by atoms with Gasteiger partial charge in [-0.05, 0) is 112 Å². The molecular formula is C41H41F7N6O3S. The van der Waals surface area contributed by atoms with Crippen molar-refractivity contribution < 1.29 is 42.8 Å². The van der Waals surface area contributed by atoms with Gasteiger partial charge in [-0.1, -0.05) is 31.6 Å². The van der Waals surface area contributed by atoms with Gasteiger partial charge in [-0.15, -0.1) is 0 Å². The van der Waals surface area contributed by atoms with Gasteiger partial charge in [0.05, 0.1) is 16.6 Å². The number of nitrogens with one attached hydrogen (secondary N) is 1. The van der Waals surface area contributed by atoms with Crippen LogP contribution in [0.15, 0.2) is 53.4 Å². The predicted molar refractivity (Wildman–Crippen MR) is 207 cm³/mol. The first-order valence-electron chi connectivity index (χ1n) is 19.7. The summed E-state index contributed by atoms with van der Waals surface area (Å²) in [4.78, 5) is 17.1. The average molecular weight is 831 g/mol. The molecule has 5 aliphatic rings. The molecule has 0 radical (unpaired) electrons. The largest absolute Gasteiger partial charge is 0.508 e. The Kier molecular flexibility index (Phi) is 8.09. The number of nitrogens with zero attached hydrogens (tertiary/aromatic N) is 5. The molecule has 3 aromatic carbocycles. The Labute approximate surface area is 329 Å². The summed E-state index contributed by atoms with van der Waals surface area (Å²) >= 11 is 0. The molecular weight excluding hydrogens is 790 g/mol. The molecule has 308 valence electrons. The van der Waals surface area contributed by atoms with Crippen LogP contribution in [0.5, 0.6) is 17.5 Å². The molecule has 17 heteroatoms. The first-order valence-corrected chi connectivity index (χ1v) is 21.6. The summed E-state index contributed by atoms with van der Waals surface area (Å²) < 4.78 is 112. The third kappa shape index (κ3) is 6.26. The van der Waals surface area contributed by atoms with Crippen LogP contribution >= 0.6 is 10.2 Å². The minimum absolute atomic E-state index is 0.00821. The number of hydrogen-bond donors (Lipinski definition) is 2. The number of ether oxygens (including phenoxy) is 2. The van der Waals surface area contributed by atoms with E-state index in [4.69, 9.17) is 24.4 Å². The first kappa shape index (κ1) is 37.6. The topological polar surface area (TPSA) is 95.9 Å². The number of aromatic hydroxyl groups is 1. The minimum atomic E-state index is -9.88. The average Bonchev–Trinajstić information content (AvgIpc) is 3.84. The molecule has 0 unspecified atom stereocenters. The van der Waals surface area contributed by atoms with Gasteiger partial charge in [-0.3, -0.25) is 4.90 Å². The Balaban J connectivity index is 1.00. The molecule has 10 rings (SSSR count). The molecule has 7 heterocycles. The molecule has 0 amide bonds. The molecule has 58 heavy (non-hydrogen) atoms. The lowest BCUT2D eigenvalue weighted by Gasteiger charge is -2.41. The molecule has 5 aromatic rings. The number of phenolic OH excluding ortho intramolecular Hbond substituents is 1.